The number of nitrogens with zero attached hydrogens (tertiary/aromatic N) is 1. The quantitative estimate of drug-likeness (QED) is 0.273. The van der Waals surface area contributed by atoms with E-state index >= 15 is 0 Å². The van der Waals surface area contributed by atoms with Crippen molar-refractivity contribution in [3.05, 3.63) is 138 Å². The second-order valence-electron chi connectivity index (χ2n) is 9.23. The third-order valence-corrected chi connectivity index (χ3v) is 6.58. The van der Waals surface area contributed by atoms with Crippen molar-refractivity contribution >= 4 is 11.8 Å². The molecular weight excluding hydrogens is 472 g/mol. The Labute approximate surface area is 225 Å². The van der Waals surface area contributed by atoms with Gasteiger partial charge in [0.05, 0.1) is 7.11 Å². The van der Waals surface area contributed by atoms with E-state index in [0.717, 1.165) is 22.3 Å². The van der Waals surface area contributed by atoms with Crippen molar-refractivity contribution in [2.45, 2.75) is 38.4 Å². The van der Waals surface area contributed by atoms with Crippen LogP contribution in [-0.2, 0) is 35.5 Å². The summed E-state index contributed by atoms with van der Waals surface area (Å²) in [7, 11) is 1.62. The highest BCUT2D eigenvalue weighted by atomic mass is 16.5. The monoisotopic (exact) mass is 506 g/mol. The average molecular weight is 507 g/mol. The van der Waals surface area contributed by atoms with Gasteiger partial charge in [0.1, 0.15) is 11.8 Å². The molecule has 5 nitrogen and oxygen atoms in total. The van der Waals surface area contributed by atoms with Gasteiger partial charge in [0, 0.05) is 31.5 Å². The number of ether oxygens (including phenoxy) is 1. The van der Waals surface area contributed by atoms with Crippen molar-refractivity contribution in [2.75, 3.05) is 7.11 Å². The maximum Gasteiger partial charge on any atom is 0.243 e. The maximum absolute atomic E-state index is 13.8. The molecule has 0 saturated carbocycles. The summed E-state index contributed by atoms with van der Waals surface area (Å²) in [5, 5.41) is 3.08. The molecule has 0 bridgehead atoms. The molecule has 1 unspecified atom stereocenters. The van der Waals surface area contributed by atoms with Crippen molar-refractivity contribution in [2.24, 2.45) is 0 Å². The first-order valence-corrected chi connectivity index (χ1v) is 12.9. The second-order valence-corrected chi connectivity index (χ2v) is 9.23. The SMILES string of the molecule is COc1ccccc1CNC(=O)C(Cc1ccccc1)N(Cc1ccccc1)C(=O)CCc1ccccc1. The number of hydrogen-bond acceptors (Lipinski definition) is 3. The zero-order chi connectivity index (χ0) is 26.6. The minimum atomic E-state index is -0.671. The fraction of sp³-hybridized carbons (Fsp3) is 0.212. The standard InChI is InChI=1S/C33H34N2O3/c1-38-31-20-12-11-19-29(31)24-34-33(37)30(23-27-15-7-3-8-16-27)35(25-28-17-9-4-10-18-28)32(36)22-21-26-13-5-2-6-14-26/h2-20,30H,21-25H2,1H3,(H,34,37). The van der Waals surface area contributed by atoms with E-state index in [1.54, 1.807) is 12.0 Å². The second kappa shape index (κ2) is 13.8. The zero-order valence-corrected chi connectivity index (χ0v) is 21.8. The molecule has 0 fully saturated rings. The molecule has 0 aliphatic heterocycles. The molecule has 38 heavy (non-hydrogen) atoms. The summed E-state index contributed by atoms with van der Waals surface area (Å²) in [6.07, 6.45) is 1.36. The molecule has 4 rings (SSSR count). The van der Waals surface area contributed by atoms with E-state index in [1.807, 2.05) is 115 Å². The Morgan fingerprint density at radius 3 is 1.92 bits per heavy atom. The van der Waals surface area contributed by atoms with Crippen LogP contribution in [0.3, 0.4) is 0 Å². The smallest absolute Gasteiger partial charge is 0.243 e. The predicted molar refractivity (Wildman–Crippen MR) is 151 cm³/mol. The van der Waals surface area contributed by atoms with E-state index in [1.165, 1.54) is 0 Å². The van der Waals surface area contributed by atoms with E-state index in [2.05, 4.69) is 5.32 Å². The van der Waals surface area contributed by atoms with Gasteiger partial charge in [-0.15, -0.1) is 0 Å². The Balaban J connectivity index is 1.60. The zero-order valence-electron chi connectivity index (χ0n) is 21.8. The summed E-state index contributed by atoms with van der Waals surface area (Å²) in [4.78, 5) is 29.3. The molecule has 4 aromatic carbocycles. The lowest BCUT2D eigenvalue weighted by atomic mass is 10.0. The van der Waals surface area contributed by atoms with Gasteiger partial charge in [-0.25, -0.2) is 0 Å². The molecule has 0 heterocycles. The number of amides is 2. The summed E-state index contributed by atoms with van der Waals surface area (Å²) in [6, 6.07) is 36.6. The van der Waals surface area contributed by atoms with E-state index in [0.29, 0.717) is 38.1 Å². The molecule has 5 heteroatoms. The van der Waals surface area contributed by atoms with Crippen molar-refractivity contribution in [1.29, 1.82) is 0 Å². The third kappa shape index (κ3) is 7.56. The number of rotatable bonds is 12. The van der Waals surface area contributed by atoms with Crippen LogP contribution in [0, 0.1) is 0 Å². The molecule has 4 aromatic rings. The lowest BCUT2D eigenvalue weighted by Crippen LogP contribution is -2.50. The normalized spacial score (nSPS) is 11.4. The molecule has 0 spiro atoms. The topological polar surface area (TPSA) is 58.6 Å². The van der Waals surface area contributed by atoms with Crippen LogP contribution in [0.5, 0.6) is 5.75 Å². The molecule has 0 saturated heterocycles. The molecule has 0 radical (unpaired) electrons. The van der Waals surface area contributed by atoms with E-state index in [4.69, 9.17) is 4.74 Å². The van der Waals surface area contributed by atoms with Gasteiger partial charge in [-0.2, -0.15) is 0 Å². The first-order chi connectivity index (χ1) is 18.6. The van der Waals surface area contributed by atoms with Gasteiger partial charge < -0.3 is 15.0 Å². The summed E-state index contributed by atoms with van der Waals surface area (Å²) >= 11 is 0. The fourth-order valence-electron chi connectivity index (χ4n) is 4.52. The highest BCUT2D eigenvalue weighted by Gasteiger charge is 2.30. The minimum absolute atomic E-state index is 0.0499. The highest BCUT2D eigenvalue weighted by molar-refractivity contribution is 5.88. The van der Waals surface area contributed by atoms with Crippen LogP contribution < -0.4 is 10.1 Å². The number of benzene rings is 4. The number of para-hydroxylation sites is 1. The molecule has 1 atom stereocenters. The number of methoxy groups -OCH3 is 1. The van der Waals surface area contributed by atoms with E-state index in [-0.39, 0.29) is 11.8 Å². The minimum Gasteiger partial charge on any atom is -0.496 e. The molecule has 0 aromatic heterocycles. The van der Waals surface area contributed by atoms with Gasteiger partial charge in [-0.3, -0.25) is 9.59 Å². The van der Waals surface area contributed by atoms with Crippen molar-refractivity contribution in [3.63, 3.8) is 0 Å². The van der Waals surface area contributed by atoms with Gasteiger partial charge in [0.2, 0.25) is 11.8 Å². The van der Waals surface area contributed by atoms with Crippen LogP contribution in [-0.4, -0.2) is 29.9 Å². The Morgan fingerprint density at radius 2 is 1.29 bits per heavy atom. The van der Waals surface area contributed by atoms with E-state index < -0.39 is 6.04 Å². The number of hydrogen-bond donors (Lipinski definition) is 1. The van der Waals surface area contributed by atoms with Crippen molar-refractivity contribution in [1.82, 2.24) is 10.2 Å². The van der Waals surface area contributed by atoms with Crippen LogP contribution in [0.2, 0.25) is 0 Å². The molecular formula is C33H34N2O3. The third-order valence-electron chi connectivity index (χ3n) is 6.58. The highest BCUT2D eigenvalue weighted by Crippen LogP contribution is 2.19. The Kier molecular flexibility index (Phi) is 9.69. The number of aryl methyl sites for hydroxylation is 1. The van der Waals surface area contributed by atoms with Gasteiger partial charge in [0.15, 0.2) is 0 Å². The Bertz CT molecular complexity index is 1290. The summed E-state index contributed by atoms with van der Waals surface area (Å²) in [5.74, 6) is 0.474. The molecule has 194 valence electrons. The van der Waals surface area contributed by atoms with Crippen molar-refractivity contribution in [3.8, 4) is 5.75 Å². The predicted octanol–water partition coefficient (Wildman–Crippen LogP) is 5.58. The van der Waals surface area contributed by atoms with Crippen molar-refractivity contribution < 1.29 is 14.3 Å². The number of carbonyl (C=O) groups is 2. The first-order valence-electron chi connectivity index (χ1n) is 12.9. The first kappa shape index (κ1) is 26.7. The van der Waals surface area contributed by atoms with Gasteiger partial charge >= 0.3 is 0 Å². The van der Waals surface area contributed by atoms with Crippen LogP contribution in [0.1, 0.15) is 28.7 Å². The lowest BCUT2D eigenvalue weighted by Gasteiger charge is -2.32. The number of carbonyl (C=O) groups excluding carboxylic acids is 2. The Morgan fingerprint density at radius 1 is 0.737 bits per heavy atom. The average Bonchev–Trinajstić information content (AvgIpc) is 2.98. The fourth-order valence-corrected chi connectivity index (χ4v) is 4.52. The molecule has 1 N–H and O–H groups in total. The molecule has 0 aliphatic carbocycles. The summed E-state index contributed by atoms with van der Waals surface area (Å²) in [6.45, 7) is 0.666. The van der Waals surface area contributed by atoms with Gasteiger partial charge in [-0.1, -0.05) is 109 Å². The van der Waals surface area contributed by atoms with Crippen LogP contribution in [0.4, 0.5) is 0 Å². The van der Waals surface area contributed by atoms with E-state index in [9.17, 15) is 9.59 Å². The summed E-state index contributed by atoms with van der Waals surface area (Å²) < 4.78 is 5.46. The Hall–Kier alpha value is -4.38. The lowest BCUT2D eigenvalue weighted by molar-refractivity contribution is -0.141. The molecule has 0 aliphatic rings. The van der Waals surface area contributed by atoms with Crippen LogP contribution >= 0.6 is 0 Å². The number of nitrogens with one attached hydrogen (secondary N) is 1. The largest absolute Gasteiger partial charge is 0.496 e. The van der Waals surface area contributed by atoms with Gasteiger partial charge in [0.25, 0.3) is 0 Å². The molecule has 2 amide bonds. The van der Waals surface area contributed by atoms with Crippen LogP contribution in [0.25, 0.3) is 0 Å². The van der Waals surface area contributed by atoms with Crippen LogP contribution in [0.15, 0.2) is 115 Å². The van der Waals surface area contributed by atoms with Gasteiger partial charge in [-0.05, 0) is 29.2 Å². The summed E-state index contributed by atoms with van der Waals surface area (Å²) in [5.41, 5.74) is 3.96. The maximum atomic E-state index is 13.8.